The van der Waals surface area contributed by atoms with Gasteiger partial charge < -0.3 is 20.3 Å². The maximum Gasteiger partial charge on any atom is 0.338 e. The summed E-state index contributed by atoms with van der Waals surface area (Å²) < 4.78 is 37.9. The van der Waals surface area contributed by atoms with E-state index >= 15 is 0 Å². The lowest BCUT2D eigenvalue weighted by Gasteiger charge is -2.14. The van der Waals surface area contributed by atoms with E-state index < -0.39 is 35.5 Å². The number of aromatic nitrogens is 6. The molecule has 0 bridgehead atoms. The predicted octanol–water partition coefficient (Wildman–Crippen LogP) is 2.28. The van der Waals surface area contributed by atoms with E-state index in [4.69, 9.17) is 4.74 Å². The number of benzene rings is 2. The number of rotatable bonds is 8. The molecule has 2 aromatic carbocycles. The zero-order chi connectivity index (χ0) is 30.8. The second-order valence-corrected chi connectivity index (χ2v) is 9.69. The molecule has 5 aromatic rings. The molecule has 3 heterocycles. The molecule has 2 N–H and O–H groups in total. The van der Waals surface area contributed by atoms with Gasteiger partial charge in [-0.2, -0.15) is 0 Å². The standard InChI is InChI=1S/C28H27F2N9O4/c1-31-27(41)32-16-8-10-17(11-9-16)39-21(15-36(2)3)24-25(35-39)37(14-18-19(29)6-5-7-20(18)30)28(42)38(26(24)40)22-12-13-23(43-4)34-33-22/h5-13H,14-15H2,1-4H3,(H2,31,32,41). The lowest BCUT2D eigenvalue weighted by Crippen LogP contribution is -2.40. The van der Waals surface area contributed by atoms with Crippen LogP contribution in [0, 0.1) is 11.6 Å². The smallest absolute Gasteiger partial charge is 0.338 e. The van der Waals surface area contributed by atoms with Crippen molar-refractivity contribution in [2.24, 2.45) is 0 Å². The van der Waals surface area contributed by atoms with Gasteiger partial charge >= 0.3 is 11.7 Å². The average Bonchev–Trinajstić information content (AvgIpc) is 3.35. The Kier molecular flexibility index (Phi) is 7.98. The van der Waals surface area contributed by atoms with Gasteiger partial charge in [-0.25, -0.2) is 27.6 Å². The van der Waals surface area contributed by atoms with Gasteiger partial charge in [0.05, 0.1) is 25.0 Å². The highest BCUT2D eigenvalue weighted by Crippen LogP contribution is 2.23. The van der Waals surface area contributed by atoms with E-state index in [2.05, 4.69) is 25.9 Å². The molecule has 222 valence electrons. The fourth-order valence-electron chi connectivity index (χ4n) is 4.52. The highest BCUT2D eigenvalue weighted by molar-refractivity contribution is 5.89. The van der Waals surface area contributed by atoms with Gasteiger partial charge in [0.2, 0.25) is 5.88 Å². The lowest BCUT2D eigenvalue weighted by atomic mass is 10.2. The maximum absolute atomic E-state index is 14.8. The van der Waals surface area contributed by atoms with Crippen LogP contribution in [0.3, 0.4) is 0 Å². The Morgan fingerprint density at radius 3 is 2.28 bits per heavy atom. The number of nitrogens with one attached hydrogen (secondary N) is 2. The van der Waals surface area contributed by atoms with Crippen LogP contribution in [-0.4, -0.2) is 68.3 Å². The van der Waals surface area contributed by atoms with Gasteiger partial charge in [-0.3, -0.25) is 9.36 Å². The molecule has 0 saturated carbocycles. The van der Waals surface area contributed by atoms with Crippen LogP contribution in [-0.2, 0) is 13.1 Å². The fraction of sp³-hybridized carbons (Fsp3) is 0.214. The minimum atomic E-state index is -0.925. The van der Waals surface area contributed by atoms with Gasteiger partial charge in [0, 0.05) is 30.9 Å². The number of fused-ring (bicyclic) bond motifs is 1. The Labute approximate surface area is 243 Å². The molecule has 0 fully saturated rings. The summed E-state index contributed by atoms with van der Waals surface area (Å²) in [4.78, 5) is 41.5. The minimum absolute atomic E-state index is 0.0372. The summed E-state index contributed by atoms with van der Waals surface area (Å²) in [5.41, 5.74) is -0.736. The third kappa shape index (κ3) is 5.57. The summed E-state index contributed by atoms with van der Waals surface area (Å²) in [6.07, 6.45) is 0. The normalized spacial score (nSPS) is 11.2. The van der Waals surface area contributed by atoms with Gasteiger partial charge in [0.1, 0.15) is 17.0 Å². The molecule has 5 rings (SSSR count). The minimum Gasteiger partial charge on any atom is -0.480 e. The van der Waals surface area contributed by atoms with Crippen LogP contribution in [0.5, 0.6) is 5.88 Å². The average molecular weight is 592 g/mol. The molecule has 3 aromatic heterocycles. The molecule has 43 heavy (non-hydrogen) atoms. The molecule has 0 aliphatic carbocycles. The first-order valence-electron chi connectivity index (χ1n) is 12.9. The number of amides is 2. The molecular weight excluding hydrogens is 564 g/mol. The quantitative estimate of drug-likeness (QED) is 0.280. The van der Waals surface area contributed by atoms with Crippen molar-refractivity contribution in [3.8, 4) is 17.4 Å². The van der Waals surface area contributed by atoms with Crippen molar-refractivity contribution in [2.75, 3.05) is 33.6 Å². The van der Waals surface area contributed by atoms with E-state index in [1.165, 1.54) is 37.0 Å². The van der Waals surface area contributed by atoms with Gasteiger partial charge in [0.15, 0.2) is 11.5 Å². The van der Waals surface area contributed by atoms with Crippen molar-refractivity contribution < 1.29 is 18.3 Å². The predicted molar refractivity (Wildman–Crippen MR) is 154 cm³/mol. The van der Waals surface area contributed by atoms with Gasteiger partial charge in [-0.1, -0.05) is 6.07 Å². The Hall–Kier alpha value is -5.44. The molecule has 0 unspecified atom stereocenters. The zero-order valence-corrected chi connectivity index (χ0v) is 23.6. The number of halogens is 2. The van der Waals surface area contributed by atoms with E-state index in [1.54, 1.807) is 43.3 Å². The number of urea groups is 1. The van der Waals surface area contributed by atoms with E-state index in [-0.39, 0.29) is 34.8 Å². The van der Waals surface area contributed by atoms with Crippen LogP contribution < -0.4 is 26.6 Å². The zero-order valence-electron chi connectivity index (χ0n) is 23.6. The maximum atomic E-state index is 14.8. The second-order valence-electron chi connectivity index (χ2n) is 9.69. The first-order chi connectivity index (χ1) is 20.6. The first-order valence-corrected chi connectivity index (χ1v) is 12.9. The summed E-state index contributed by atoms with van der Waals surface area (Å²) in [6, 6.07) is 12.4. The number of anilines is 1. The molecular formula is C28H27F2N9O4. The van der Waals surface area contributed by atoms with Crippen LogP contribution in [0.15, 0.2) is 64.2 Å². The highest BCUT2D eigenvalue weighted by Gasteiger charge is 2.26. The monoisotopic (exact) mass is 591 g/mol. The molecule has 0 saturated heterocycles. The van der Waals surface area contributed by atoms with Gasteiger partial charge in [-0.05, 0) is 56.6 Å². The number of carbonyl (C=O) groups excluding carboxylic acids is 1. The molecule has 0 spiro atoms. The SMILES string of the molecule is CNC(=O)Nc1ccc(-n2nc3c(c2CN(C)C)c(=O)n(-c2ccc(OC)nn2)c(=O)n3Cc2c(F)cccc2F)cc1. The number of hydrogen-bond acceptors (Lipinski definition) is 8. The summed E-state index contributed by atoms with van der Waals surface area (Å²) in [5, 5.41) is 17.6. The van der Waals surface area contributed by atoms with Crippen molar-refractivity contribution in [1.29, 1.82) is 0 Å². The van der Waals surface area contributed by atoms with Crippen molar-refractivity contribution in [3.63, 3.8) is 0 Å². The molecule has 0 aliphatic heterocycles. The summed E-state index contributed by atoms with van der Waals surface area (Å²) in [5.74, 6) is -1.70. The number of methoxy groups -OCH3 is 1. The van der Waals surface area contributed by atoms with Crippen molar-refractivity contribution in [3.05, 3.63) is 98.3 Å². The topological polar surface area (TPSA) is 141 Å². The van der Waals surface area contributed by atoms with Gasteiger partial charge in [0.25, 0.3) is 5.56 Å². The Morgan fingerprint density at radius 2 is 1.70 bits per heavy atom. The molecule has 15 heteroatoms. The Balaban J connectivity index is 1.82. The van der Waals surface area contributed by atoms with Crippen molar-refractivity contribution in [2.45, 2.75) is 13.1 Å². The number of carbonyl (C=O) groups is 1. The Bertz CT molecular complexity index is 1910. The van der Waals surface area contributed by atoms with E-state index in [0.29, 0.717) is 17.1 Å². The third-order valence-corrected chi connectivity index (χ3v) is 6.56. The number of hydrogen-bond donors (Lipinski definition) is 2. The molecule has 2 amide bonds. The fourth-order valence-corrected chi connectivity index (χ4v) is 4.52. The largest absolute Gasteiger partial charge is 0.480 e. The van der Waals surface area contributed by atoms with Crippen molar-refractivity contribution >= 4 is 22.8 Å². The second kappa shape index (κ2) is 11.8. The summed E-state index contributed by atoms with van der Waals surface area (Å²) >= 11 is 0. The highest BCUT2D eigenvalue weighted by atomic mass is 19.1. The number of nitrogens with zero attached hydrogens (tertiary/aromatic N) is 7. The van der Waals surface area contributed by atoms with E-state index in [0.717, 1.165) is 21.3 Å². The van der Waals surface area contributed by atoms with Gasteiger partial charge in [-0.15, -0.1) is 15.3 Å². The van der Waals surface area contributed by atoms with Crippen molar-refractivity contribution in [1.82, 2.24) is 39.3 Å². The lowest BCUT2D eigenvalue weighted by molar-refractivity contribution is 0.254. The molecule has 13 nitrogen and oxygen atoms in total. The van der Waals surface area contributed by atoms with Crippen LogP contribution in [0.2, 0.25) is 0 Å². The van der Waals surface area contributed by atoms with E-state index in [9.17, 15) is 23.2 Å². The number of ether oxygens (including phenoxy) is 1. The molecule has 0 atom stereocenters. The Morgan fingerprint density at radius 1 is 1.00 bits per heavy atom. The van der Waals surface area contributed by atoms with Crippen LogP contribution >= 0.6 is 0 Å². The third-order valence-electron chi connectivity index (χ3n) is 6.56. The molecule has 0 aliphatic rings. The van der Waals surface area contributed by atoms with Crippen LogP contribution in [0.1, 0.15) is 11.3 Å². The summed E-state index contributed by atoms with van der Waals surface area (Å²) in [7, 11) is 6.46. The molecule has 0 radical (unpaired) electrons. The van der Waals surface area contributed by atoms with Crippen LogP contribution in [0.25, 0.3) is 22.5 Å². The first kappa shape index (κ1) is 29.1. The summed E-state index contributed by atoms with van der Waals surface area (Å²) in [6.45, 7) is -0.365. The van der Waals surface area contributed by atoms with E-state index in [1.807, 2.05) is 0 Å². The van der Waals surface area contributed by atoms with Crippen LogP contribution in [0.4, 0.5) is 19.3 Å².